The van der Waals surface area contributed by atoms with Crippen molar-refractivity contribution in [3.05, 3.63) is 51.2 Å². The number of amides is 1. The highest BCUT2D eigenvalue weighted by Crippen LogP contribution is 2.21. The van der Waals surface area contributed by atoms with Gasteiger partial charge in [0.15, 0.2) is 0 Å². The number of aryl methyl sites for hydroxylation is 2. The van der Waals surface area contributed by atoms with E-state index in [1.165, 1.54) is 5.56 Å². The average molecular weight is 357 g/mol. The van der Waals surface area contributed by atoms with Gasteiger partial charge in [0.25, 0.3) is 5.91 Å². The zero-order chi connectivity index (χ0) is 14.5. The van der Waals surface area contributed by atoms with Gasteiger partial charge in [-0.25, -0.2) is 0 Å². The summed E-state index contributed by atoms with van der Waals surface area (Å²) in [4.78, 5) is 12.0. The Balaban J connectivity index is 1.80. The third kappa shape index (κ3) is 4.08. The van der Waals surface area contributed by atoms with E-state index in [0.29, 0.717) is 17.1 Å². The molecule has 4 nitrogen and oxygen atoms in total. The highest BCUT2D eigenvalue weighted by Gasteiger charge is 2.09. The van der Waals surface area contributed by atoms with E-state index in [2.05, 4.69) is 26.3 Å². The summed E-state index contributed by atoms with van der Waals surface area (Å²) in [5, 5.41) is 7.42. The van der Waals surface area contributed by atoms with Crippen LogP contribution < -0.4 is 5.32 Å². The lowest BCUT2D eigenvalue weighted by Gasteiger charge is -2.06. The average Bonchev–Trinajstić information content (AvgIpc) is 2.80. The van der Waals surface area contributed by atoms with E-state index >= 15 is 0 Å². The Bertz CT molecular complexity index is 612. The molecule has 0 radical (unpaired) electrons. The molecule has 0 fully saturated rings. The lowest BCUT2D eigenvalue weighted by atomic mass is 10.2. The van der Waals surface area contributed by atoms with Gasteiger partial charge in [-0.1, -0.05) is 27.5 Å². The Morgan fingerprint density at radius 1 is 1.50 bits per heavy atom. The number of aromatic nitrogens is 2. The molecule has 20 heavy (non-hydrogen) atoms. The fourth-order valence-corrected chi connectivity index (χ4v) is 2.62. The van der Waals surface area contributed by atoms with E-state index in [9.17, 15) is 4.79 Å². The molecule has 0 unspecified atom stereocenters. The van der Waals surface area contributed by atoms with E-state index in [0.717, 1.165) is 17.3 Å². The van der Waals surface area contributed by atoms with Gasteiger partial charge in [-0.15, -0.1) is 0 Å². The molecule has 106 valence electrons. The molecular weight excluding hydrogens is 342 g/mol. The smallest absolute Gasteiger partial charge is 0.252 e. The van der Waals surface area contributed by atoms with E-state index in [-0.39, 0.29) is 5.91 Å². The number of hydrogen-bond donors (Lipinski definition) is 1. The first kappa shape index (κ1) is 15.1. The Labute approximate surface area is 131 Å². The van der Waals surface area contributed by atoms with Crippen molar-refractivity contribution in [3.63, 3.8) is 0 Å². The molecule has 0 aliphatic heterocycles. The molecule has 6 heteroatoms. The maximum Gasteiger partial charge on any atom is 0.252 e. The van der Waals surface area contributed by atoms with E-state index in [4.69, 9.17) is 11.6 Å². The van der Waals surface area contributed by atoms with E-state index < -0.39 is 0 Å². The van der Waals surface area contributed by atoms with Crippen molar-refractivity contribution >= 4 is 33.4 Å². The predicted octanol–water partition coefficient (Wildman–Crippen LogP) is 3.20. The summed E-state index contributed by atoms with van der Waals surface area (Å²) in [5.41, 5.74) is 1.67. The lowest BCUT2D eigenvalue weighted by Crippen LogP contribution is -2.25. The Morgan fingerprint density at radius 3 is 2.95 bits per heavy atom. The second kappa shape index (κ2) is 6.90. The molecule has 1 aromatic carbocycles. The van der Waals surface area contributed by atoms with Crippen LogP contribution >= 0.6 is 27.5 Å². The van der Waals surface area contributed by atoms with Crippen molar-refractivity contribution in [1.82, 2.24) is 15.1 Å². The molecule has 0 aliphatic rings. The molecular formula is C14H15BrClN3O. The molecule has 1 heterocycles. The molecule has 0 saturated heterocycles. The first-order valence-electron chi connectivity index (χ1n) is 6.27. The van der Waals surface area contributed by atoms with Crippen LogP contribution in [-0.2, 0) is 13.5 Å². The van der Waals surface area contributed by atoms with Crippen LogP contribution in [-0.4, -0.2) is 22.2 Å². The second-order valence-electron chi connectivity index (χ2n) is 4.51. The van der Waals surface area contributed by atoms with Crippen molar-refractivity contribution in [2.75, 3.05) is 6.54 Å². The quantitative estimate of drug-likeness (QED) is 0.836. The van der Waals surface area contributed by atoms with Gasteiger partial charge in [0.1, 0.15) is 0 Å². The largest absolute Gasteiger partial charge is 0.352 e. The van der Waals surface area contributed by atoms with Crippen molar-refractivity contribution in [1.29, 1.82) is 0 Å². The van der Waals surface area contributed by atoms with Gasteiger partial charge in [-0.2, -0.15) is 5.10 Å². The third-order valence-corrected chi connectivity index (χ3v) is 3.67. The number of nitrogens with one attached hydrogen (secondary N) is 1. The van der Waals surface area contributed by atoms with Gasteiger partial charge in [-0.05, 0) is 36.6 Å². The summed E-state index contributed by atoms with van der Waals surface area (Å²) in [6.45, 7) is 0.611. The minimum absolute atomic E-state index is 0.145. The van der Waals surface area contributed by atoms with Crippen LogP contribution in [0.15, 0.2) is 35.1 Å². The number of carbonyl (C=O) groups excluding carboxylic acids is 1. The predicted molar refractivity (Wildman–Crippen MR) is 83.0 cm³/mol. The first-order valence-corrected chi connectivity index (χ1v) is 7.44. The van der Waals surface area contributed by atoms with Crippen LogP contribution in [0.5, 0.6) is 0 Å². The molecule has 0 spiro atoms. The number of hydrogen-bond acceptors (Lipinski definition) is 2. The third-order valence-electron chi connectivity index (χ3n) is 2.86. The number of rotatable bonds is 5. The Kier molecular flexibility index (Phi) is 5.20. The summed E-state index contributed by atoms with van der Waals surface area (Å²) in [6, 6.07) is 5.23. The number of carbonyl (C=O) groups is 1. The van der Waals surface area contributed by atoms with E-state index in [1.807, 2.05) is 19.4 Å². The number of nitrogens with zero attached hydrogens (tertiary/aromatic N) is 2. The zero-order valence-corrected chi connectivity index (χ0v) is 13.4. The summed E-state index contributed by atoms with van der Waals surface area (Å²) in [5.74, 6) is -0.145. The molecule has 2 rings (SSSR count). The van der Waals surface area contributed by atoms with Crippen LogP contribution in [0.1, 0.15) is 22.3 Å². The number of benzene rings is 1. The van der Waals surface area contributed by atoms with Gasteiger partial charge >= 0.3 is 0 Å². The monoisotopic (exact) mass is 355 g/mol. The normalized spacial score (nSPS) is 10.6. The number of halogens is 2. The minimum atomic E-state index is -0.145. The van der Waals surface area contributed by atoms with Crippen molar-refractivity contribution in [3.8, 4) is 0 Å². The molecule has 1 amide bonds. The lowest BCUT2D eigenvalue weighted by molar-refractivity contribution is 0.0953. The SMILES string of the molecule is Cn1cc(CCCNC(=O)c2ccc(Br)cc2Cl)cn1. The molecule has 0 bridgehead atoms. The van der Waals surface area contributed by atoms with Gasteiger partial charge in [0.2, 0.25) is 0 Å². The summed E-state index contributed by atoms with van der Waals surface area (Å²) in [7, 11) is 1.89. The highest BCUT2D eigenvalue weighted by atomic mass is 79.9. The van der Waals surface area contributed by atoms with Crippen LogP contribution in [0.2, 0.25) is 5.02 Å². The maximum atomic E-state index is 12.0. The Morgan fingerprint density at radius 2 is 2.30 bits per heavy atom. The summed E-state index contributed by atoms with van der Waals surface area (Å²) >= 11 is 9.35. The fraction of sp³-hybridized carbons (Fsp3) is 0.286. The zero-order valence-electron chi connectivity index (χ0n) is 11.1. The first-order chi connectivity index (χ1) is 9.56. The highest BCUT2D eigenvalue weighted by molar-refractivity contribution is 9.10. The van der Waals surface area contributed by atoms with Crippen molar-refractivity contribution in [2.45, 2.75) is 12.8 Å². The molecule has 1 aromatic heterocycles. The molecule has 2 aromatic rings. The summed E-state index contributed by atoms with van der Waals surface area (Å²) < 4.78 is 2.63. The van der Waals surface area contributed by atoms with E-state index in [1.54, 1.807) is 22.9 Å². The summed E-state index contributed by atoms with van der Waals surface area (Å²) in [6.07, 6.45) is 5.58. The molecule has 0 atom stereocenters. The van der Waals surface area contributed by atoms with Crippen LogP contribution in [0.4, 0.5) is 0 Å². The molecule has 0 aliphatic carbocycles. The van der Waals surface area contributed by atoms with Gasteiger partial charge in [0, 0.05) is 24.3 Å². The van der Waals surface area contributed by atoms with Crippen LogP contribution in [0, 0.1) is 0 Å². The minimum Gasteiger partial charge on any atom is -0.352 e. The fourth-order valence-electron chi connectivity index (χ4n) is 1.86. The Hall–Kier alpha value is -1.33. The second-order valence-corrected chi connectivity index (χ2v) is 5.83. The molecule has 1 N–H and O–H groups in total. The van der Waals surface area contributed by atoms with Gasteiger partial charge < -0.3 is 5.32 Å². The van der Waals surface area contributed by atoms with Gasteiger partial charge in [0.05, 0.1) is 16.8 Å². The molecule has 0 saturated carbocycles. The van der Waals surface area contributed by atoms with Crippen molar-refractivity contribution in [2.24, 2.45) is 7.05 Å². The maximum absolute atomic E-state index is 12.0. The topological polar surface area (TPSA) is 46.9 Å². The van der Waals surface area contributed by atoms with Gasteiger partial charge in [-0.3, -0.25) is 9.48 Å². The van der Waals surface area contributed by atoms with Crippen molar-refractivity contribution < 1.29 is 4.79 Å². The van der Waals surface area contributed by atoms with Crippen LogP contribution in [0.3, 0.4) is 0 Å². The van der Waals surface area contributed by atoms with Crippen LogP contribution in [0.25, 0.3) is 0 Å². The standard InChI is InChI=1S/C14H15BrClN3O/c1-19-9-10(8-18-19)3-2-6-17-14(20)12-5-4-11(15)7-13(12)16/h4-5,7-9H,2-3,6H2,1H3,(H,17,20).